The molecule has 3 rings (SSSR count). The van der Waals surface area contributed by atoms with Gasteiger partial charge in [0.05, 0.1) is 6.04 Å². The molecule has 1 unspecified atom stereocenters. The minimum atomic E-state index is -0.0631. The highest BCUT2D eigenvalue weighted by molar-refractivity contribution is 5.82. The summed E-state index contributed by atoms with van der Waals surface area (Å²) in [5.74, 6) is 0.218. The average molecular weight is 245 g/mol. The standard InChI is InChI=1S/C14H19N3O/c1-11-13(18)17(8-12-2-6-15-7-3-12)10-14(4-5-14)9-16-11/h2-3,6-7,11,16H,4-5,8-10H2,1H3. The van der Waals surface area contributed by atoms with Crippen molar-refractivity contribution in [1.82, 2.24) is 15.2 Å². The summed E-state index contributed by atoms with van der Waals surface area (Å²) in [6.45, 7) is 4.54. The van der Waals surface area contributed by atoms with E-state index in [9.17, 15) is 4.79 Å². The van der Waals surface area contributed by atoms with Gasteiger partial charge in [0.15, 0.2) is 0 Å². The molecule has 2 aliphatic rings. The summed E-state index contributed by atoms with van der Waals surface area (Å²) >= 11 is 0. The van der Waals surface area contributed by atoms with Crippen molar-refractivity contribution in [3.05, 3.63) is 30.1 Å². The van der Waals surface area contributed by atoms with E-state index >= 15 is 0 Å². The number of hydrogen-bond donors (Lipinski definition) is 1. The molecule has 0 bridgehead atoms. The second-order valence-electron chi connectivity index (χ2n) is 5.65. The van der Waals surface area contributed by atoms with Gasteiger partial charge in [0, 0.05) is 37.4 Å². The van der Waals surface area contributed by atoms with E-state index in [1.54, 1.807) is 12.4 Å². The third kappa shape index (κ3) is 2.25. The number of hydrogen-bond acceptors (Lipinski definition) is 3. The molecule has 1 aromatic heterocycles. The van der Waals surface area contributed by atoms with Crippen LogP contribution in [0.3, 0.4) is 0 Å². The first-order chi connectivity index (χ1) is 8.69. The van der Waals surface area contributed by atoms with Crippen LogP contribution in [0.5, 0.6) is 0 Å². The van der Waals surface area contributed by atoms with Crippen molar-refractivity contribution in [3.8, 4) is 0 Å². The zero-order chi connectivity index (χ0) is 12.6. The molecule has 2 heterocycles. The molecule has 2 fully saturated rings. The van der Waals surface area contributed by atoms with E-state index in [-0.39, 0.29) is 11.9 Å². The Labute approximate surface area is 107 Å². The van der Waals surface area contributed by atoms with Crippen molar-refractivity contribution in [1.29, 1.82) is 0 Å². The van der Waals surface area contributed by atoms with Gasteiger partial charge >= 0.3 is 0 Å². The molecule has 1 atom stereocenters. The number of pyridine rings is 1. The Morgan fingerprint density at radius 1 is 1.44 bits per heavy atom. The lowest BCUT2D eigenvalue weighted by molar-refractivity contribution is -0.133. The molecule has 4 nitrogen and oxygen atoms in total. The van der Waals surface area contributed by atoms with Gasteiger partial charge in [-0.25, -0.2) is 0 Å². The summed E-state index contributed by atoms with van der Waals surface area (Å²) in [6.07, 6.45) is 6.05. The van der Waals surface area contributed by atoms with Crippen molar-refractivity contribution in [3.63, 3.8) is 0 Å². The third-order valence-corrected chi connectivity index (χ3v) is 4.07. The van der Waals surface area contributed by atoms with Crippen LogP contribution in [0.25, 0.3) is 0 Å². The number of amides is 1. The molecule has 1 aromatic rings. The zero-order valence-electron chi connectivity index (χ0n) is 10.7. The van der Waals surface area contributed by atoms with E-state index in [0.717, 1.165) is 18.7 Å². The molecule has 1 saturated heterocycles. The van der Waals surface area contributed by atoms with Gasteiger partial charge in [0.1, 0.15) is 0 Å². The van der Waals surface area contributed by atoms with Crippen molar-refractivity contribution in [2.45, 2.75) is 32.4 Å². The highest BCUT2D eigenvalue weighted by Crippen LogP contribution is 2.46. The fourth-order valence-electron chi connectivity index (χ4n) is 2.62. The molecule has 1 aliphatic heterocycles. The van der Waals surface area contributed by atoms with Gasteiger partial charge in [0.25, 0.3) is 0 Å². The number of rotatable bonds is 2. The lowest BCUT2D eigenvalue weighted by Gasteiger charge is -2.25. The van der Waals surface area contributed by atoms with Gasteiger partial charge in [-0.3, -0.25) is 9.78 Å². The predicted octanol–water partition coefficient (Wildman–Crippen LogP) is 1.18. The maximum atomic E-state index is 12.3. The van der Waals surface area contributed by atoms with Crippen molar-refractivity contribution < 1.29 is 4.79 Å². The smallest absolute Gasteiger partial charge is 0.239 e. The Bertz CT molecular complexity index is 442. The van der Waals surface area contributed by atoms with Crippen LogP contribution in [0.2, 0.25) is 0 Å². The lowest BCUT2D eigenvalue weighted by Crippen LogP contribution is -2.41. The van der Waals surface area contributed by atoms with Crippen molar-refractivity contribution in [2.24, 2.45) is 5.41 Å². The summed E-state index contributed by atoms with van der Waals surface area (Å²) < 4.78 is 0. The fraction of sp³-hybridized carbons (Fsp3) is 0.571. The molecule has 1 saturated carbocycles. The van der Waals surface area contributed by atoms with Gasteiger partial charge in [-0.1, -0.05) is 0 Å². The van der Waals surface area contributed by atoms with Crippen LogP contribution in [-0.4, -0.2) is 34.9 Å². The first-order valence-corrected chi connectivity index (χ1v) is 6.60. The summed E-state index contributed by atoms with van der Waals surface area (Å²) in [4.78, 5) is 18.3. The molecular weight excluding hydrogens is 226 g/mol. The number of carbonyl (C=O) groups excluding carboxylic acids is 1. The molecule has 1 aliphatic carbocycles. The largest absolute Gasteiger partial charge is 0.336 e. The second kappa shape index (κ2) is 4.35. The van der Waals surface area contributed by atoms with Gasteiger partial charge in [-0.15, -0.1) is 0 Å². The Morgan fingerprint density at radius 2 is 2.17 bits per heavy atom. The van der Waals surface area contributed by atoms with Crippen LogP contribution < -0.4 is 5.32 Å². The van der Waals surface area contributed by atoms with Crippen molar-refractivity contribution in [2.75, 3.05) is 13.1 Å². The van der Waals surface area contributed by atoms with Crippen LogP contribution in [0.4, 0.5) is 0 Å². The minimum Gasteiger partial charge on any atom is -0.336 e. The zero-order valence-corrected chi connectivity index (χ0v) is 10.7. The van der Waals surface area contributed by atoms with Crippen LogP contribution in [-0.2, 0) is 11.3 Å². The maximum Gasteiger partial charge on any atom is 0.239 e. The predicted molar refractivity (Wildman–Crippen MR) is 68.8 cm³/mol. The number of aromatic nitrogens is 1. The molecule has 1 spiro atoms. The van der Waals surface area contributed by atoms with Gasteiger partial charge in [-0.05, 0) is 37.5 Å². The van der Waals surface area contributed by atoms with Crippen LogP contribution >= 0.6 is 0 Å². The molecule has 1 amide bonds. The first kappa shape index (κ1) is 11.7. The van der Waals surface area contributed by atoms with E-state index in [0.29, 0.717) is 12.0 Å². The highest BCUT2D eigenvalue weighted by Gasteiger charge is 2.47. The molecule has 0 radical (unpaired) electrons. The van der Waals surface area contributed by atoms with Gasteiger partial charge in [0.2, 0.25) is 5.91 Å². The molecule has 1 N–H and O–H groups in total. The summed E-state index contributed by atoms with van der Waals surface area (Å²) in [7, 11) is 0. The van der Waals surface area contributed by atoms with E-state index in [2.05, 4.69) is 10.3 Å². The topological polar surface area (TPSA) is 45.2 Å². The van der Waals surface area contributed by atoms with Gasteiger partial charge < -0.3 is 10.2 Å². The Balaban J connectivity index is 1.77. The number of carbonyl (C=O) groups is 1. The molecule has 4 heteroatoms. The SMILES string of the molecule is CC1NCC2(CC2)CN(Cc2ccncc2)C1=O. The van der Waals surface area contributed by atoms with E-state index in [1.165, 1.54) is 12.8 Å². The normalized spacial score (nSPS) is 26.2. The quantitative estimate of drug-likeness (QED) is 0.851. The molecule has 0 aromatic carbocycles. The van der Waals surface area contributed by atoms with Crippen LogP contribution in [0.15, 0.2) is 24.5 Å². The minimum absolute atomic E-state index is 0.0631. The number of nitrogens with one attached hydrogen (secondary N) is 1. The molecular formula is C14H19N3O. The van der Waals surface area contributed by atoms with E-state index in [1.807, 2.05) is 24.0 Å². The Morgan fingerprint density at radius 3 is 2.83 bits per heavy atom. The number of nitrogens with zero attached hydrogens (tertiary/aromatic N) is 2. The monoisotopic (exact) mass is 245 g/mol. The average Bonchev–Trinajstić information content (AvgIpc) is 3.16. The molecule has 18 heavy (non-hydrogen) atoms. The van der Waals surface area contributed by atoms with Crippen LogP contribution in [0.1, 0.15) is 25.3 Å². The lowest BCUT2D eigenvalue weighted by atomic mass is 10.1. The van der Waals surface area contributed by atoms with Crippen molar-refractivity contribution >= 4 is 5.91 Å². The second-order valence-corrected chi connectivity index (χ2v) is 5.65. The summed E-state index contributed by atoms with van der Waals surface area (Å²) in [5.41, 5.74) is 1.51. The Kier molecular flexibility index (Phi) is 2.82. The fourth-order valence-corrected chi connectivity index (χ4v) is 2.62. The summed E-state index contributed by atoms with van der Waals surface area (Å²) in [6, 6.07) is 3.90. The Hall–Kier alpha value is -1.42. The van der Waals surface area contributed by atoms with E-state index in [4.69, 9.17) is 0 Å². The molecule has 96 valence electrons. The first-order valence-electron chi connectivity index (χ1n) is 6.60. The third-order valence-electron chi connectivity index (χ3n) is 4.07. The summed E-state index contributed by atoms with van der Waals surface area (Å²) in [5, 5.41) is 3.36. The van der Waals surface area contributed by atoms with Gasteiger partial charge in [-0.2, -0.15) is 0 Å². The van der Waals surface area contributed by atoms with E-state index < -0.39 is 0 Å². The van der Waals surface area contributed by atoms with Crippen LogP contribution in [0, 0.1) is 5.41 Å². The maximum absolute atomic E-state index is 12.3. The highest BCUT2D eigenvalue weighted by atomic mass is 16.2.